The molecule has 1 saturated heterocycles. The molecular weight excluding hydrogens is 332 g/mol. The molecule has 0 saturated carbocycles. The minimum absolute atomic E-state index is 0.531. The molecule has 4 rings (SSSR count). The Bertz CT molecular complexity index is 923. The van der Waals surface area contributed by atoms with Crippen molar-refractivity contribution in [1.82, 2.24) is 29.2 Å². The van der Waals surface area contributed by atoms with Gasteiger partial charge in [0.05, 0.1) is 23.9 Å². The van der Waals surface area contributed by atoms with Gasteiger partial charge in [0.1, 0.15) is 17.7 Å². The fourth-order valence-electron chi connectivity index (χ4n) is 3.81. The summed E-state index contributed by atoms with van der Waals surface area (Å²) in [5.74, 6) is 0.125. The highest BCUT2D eigenvalue weighted by Crippen LogP contribution is 2.34. The smallest absolute Gasteiger partial charge is 0.330 e. The number of carboxylic acid groups (broad SMARTS) is 1. The summed E-state index contributed by atoms with van der Waals surface area (Å²) in [6.07, 6.45) is 4.30. The molecule has 1 aliphatic rings. The van der Waals surface area contributed by atoms with Crippen LogP contribution in [0.25, 0.3) is 11.0 Å². The van der Waals surface area contributed by atoms with Crippen molar-refractivity contribution in [3.63, 3.8) is 0 Å². The van der Waals surface area contributed by atoms with E-state index in [1.807, 2.05) is 40.4 Å². The Balaban J connectivity index is 1.57. The van der Waals surface area contributed by atoms with Crippen LogP contribution in [0, 0.1) is 0 Å². The highest BCUT2D eigenvalue weighted by Gasteiger charge is 2.44. The SMILES string of the molecule is CCn1ncnc1CN1CCC(C(=O)O)(n2cnc3ccccc32)CC1. The Morgan fingerprint density at radius 2 is 2.00 bits per heavy atom. The number of para-hydroxylation sites is 2. The Morgan fingerprint density at radius 3 is 2.73 bits per heavy atom. The predicted octanol–water partition coefficient (Wildman–Crippen LogP) is 1.72. The average Bonchev–Trinajstić information content (AvgIpc) is 3.29. The van der Waals surface area contributed by atoms with Crippen LogP contribution in [0.5, 0.6) is 0 Å². The van der Waals surface area contributed by atoms with Gasteiger partial charge < -0.3 is 9.67 Å². The van der Waals surface area contributed by atoms with Gasteiger partial charge in [-0.3, -0.25) is 4.90 Å². The number of carbonyl (C=O) groups is 1. The summed E-state index contributed by atoms with van der Waals surface area (Å²) in [4.78, 5) is 23.2. The lowest BCUT2D eigenvalue weighted by Gasteiger charge is -2.39. The lowest BCUT2D eigenvalue weighted by atomic mass is 9.87. The maximum atomic E-state index is 12.2. The number of aromatic nitrogens is 5. The number of piperidine rings is 1. The summed E-state index contributed by atoms with van der Waals surface area (Å²) in [5, 5.41) is 14.3. The fraction of sp³-hybridized carbons (Fsp3) is 0.444. The van der Waals surface area contributed by atoms with Crippen molar-refractivity contribution in [3.05, 3.63) is 42.7 Å². The van der Waals surface area contributed by atoms with Crippen LogP contribution >= 0.6 is 0 Å². The van der Waals surface area contributed by atoms with Gasteiger partial charge in [-0.05, 0) is 31.9 Å². The van der Waals surface area contributed by atoms with Crippen LogP contribution in [-0.4, -0.2) is 53.4 Å². The molecule has 0 radical (unpaired) electrons. The van der Waals surface area contributed by atoms with Gasteiger partial charge in [0, 0.05) is 19.6 Å². The molecule has 0 unspecified atom stereocenters. The van der Waals surface area contributed by atoms with Crippen LogP contribution in [0.4, 0.5) is 0 Å². The minimum Gasteiger partial charge on any atom is -0.479 e. The first-order valence-corrected chi connectivity index (χ1v) is 8.89. The van der Waals surface area contributed by atoms with Crippen LogP contribution in [-0.2, 0) is 23.4 Å². The van der Waals surface area contributed by atoms with Gasteiger partial charge in [-0.15, -0.1) is 0 Å². The van der Waals surface area contributed by atoms with Crippen molar-refractivity contribution >= 4 is 17.0 Å². The molecule has 1 N–H and O–H groups in total. The molecule has 0 bridgehead atoms. The third-order valence-electron chi connectivity index (χ3n) is 5.36. The summed E-state index contributed by atoms with van der Waals surface area (Å²) in [6.45, 7) is 4.89. The second-order valence-electron chi connectivity index (χ2n) is 6.71. The van der Waals surface area contributed by atoms with Crippen LogP contribution < -0.4 is 0 Å². The first-order chi connectivity index (χ1) is 12.6. The average molecular weight is 354 g/mol. The number of fused-ring (bicyclic) bond motifs is 1. The number of imidazole rings is 1. The van der Waals surface area contributed by atoms with E-state index < -0.39 is 11.5 Å². The van der Waals surface area contributed by atoms with Gasteiger partial charge in [-0.25, -0.2) is 19.4 Å². The Hall–Kier alpha value is -2.74. The minimum atomic E-state index is -0.953. The third kappa shape index (κ3) is 2.66. The van der Waals surface area contributed by atoms with Crippen molar-refractivity contribution in [2.75, 3.05) is 13.1 Å². The van der Waals surface area contributed by atoms with Crippen molar-refractivity contribution in [2.24, 2.45) is 0 Å². The molecule has 0 spiro atoms. The zero-order valence-corrected chi connectivity index (χ0v) is 14.7. The van der Waals surface area contributed by atoms with E-state index in [-0.39, 0.29) is 0 Å². The standard InChI is InChI=1S/C18H22N6O2/c1-2-24-16(19-12-21-24)11-22-9-7-18(8-10-22,17(25)26)23-13-20-14-5-3-4-6-15(14)23/h3-6,12-13H,2,7-11H2,1H3,(H,25,26). The summed E-state index contributed by atoms with van der Waals surface area (Å²) < 4.78 is 3.72. The van der Waals surface area contributed by atoms with Gasteiger partial charge in [-0.1, -0.05) is 12.1 Å². The number of hydrogen-bond acceptors (Lipinski definition) is 5. The van der Waals surface area contributed by atoms with Crippen LogP contribution in [0.2, 0.25) is 0 Å². The van der Waals surface area contributed by atoms with E-state index in [1.54, 1.807) is 12.7 Å². The molecular formula is C18H22N6O2. The number of benzene rings is 1. The van der Waals surface area contributed by atoms with Crippen LogP contribution in [0.1, 0.15) is 25.6 Å². The fourth-order valence-corrected chi connectivity index (χ4v) is 3.81. The normalized spacial score (nSPS) is 17.6. The van der Waals surface area contributed by atoms with Crippen molar-refractivity contribution in [3.8, 4) is 0 Å². The zero-order valence-electron chi connectivity index (χ0n) is 14.7. The van der Waals surface area contributed by atoms with Crippen LogP contribution in [0.3, 0.4) is 0 Å². The third-order valence-corrected chi connectivity index (χ3v) is 5.36. The van der Waals surface area contributed by atoms with E-state index in [4.69, 9.17) is 0 Å². The Morgan fingerprint density at radius 1 is 1.23 bits per heavy atom. The molecule has 2 aromatic heterocycles. The van der Waals surface area contributed by atoms with Gasteiger partial charge in [0.25, 0.3) is 0 Å². The summed E-state index contributed by atoms with van der Waals surface area (Å²) in [6, 6.07) is 7.68. The van der Waals surface area contributed by atoms with Gasteiger partial charge in [-0.2, -0.15) is 5.10 Å². The highest BCUT2D eigenvalue weighted by molar-refractivity contribution is 5.82. The van der Waals surface area contributed by atoms with E-state index in [2.05, 4.69) is 20.0 Å². The van der Waals surface area contributed by atoms with Crippen molar-refractivity contribution < 1.29 is 9.90 Å². The van der Waals surface area contributed by atoms with Crippen molar-refractivity contribution in [2.45, 2.75) is 38.4 Å². The van der Waals surface area contributed by atoms with Crippen molar-refractivity contribution in [1.29, 1.82) is 0 Å². The number of carboxylic acids is 1. The van der Waals surface area contributed by atoms with E-state index >= 15 is 0 Å². The van der Waals surface area contributed by atoms with E-state index in [0.717, 1.165) is 23.4 Å². The molecule has 0 aliphatic carbocycles. The number of rotatable bonds is 5. The number of hydrogen-bond donors (Lipinski definition) is 1. The molecule has 3 heterocycles. The Labute approximate surface area is 151 Å². The zero-order chi connectivity index (χ0) is 18.1. The molecule has 8 nitrogen and oxygen atoms in total. The highest BCUT2D eigenvalue weighted by atomic mass is 16.4. The topological polar surface area (TPSA) is 89.1 Å². The maximum Gasteiger partial charge on any atom is 0.330 e. The molecule has 1 aromatic carbocycles. The predicted molar refractivity (Wildman–Crippen MR) is 95.5 cm³/mol. The number of aliphatic carboxylic acids is 1. The molecule has 0 amide bonds. The molecule has 1 aliphatic heterocycles. The van der Waals surface area contributed by atoms with E-state index in [1.165, 1.54) is 0 Å². The second kappa shape index (κ2) is 6.53. The van der Waals surface area contributed by atoms with Crippen LogP contribution in [0.15, 0.2) is 36.9 Å². The first-order valence-electron chi connectivity index (χ1n) is 8.89. The number of aryl methyl sites for hydroxylation is 1. The van der Waals surface area contributed by atoms with Gasteiger partial charge in [0.2, 0.25) is 0 Å². The Kier molecular flexibility index (Phi) is 4.20. The second-order valence-corrected chi connectivity index (χ2v) is 6.71. The van der Waals surface area contributed by atoms with E-state index in [0.29, 0.717) is 32.5 Å². The summed E-state index contributed by atoms with van der Waals surface area (Å²) in [7, 11) is 0. The summed E-state index contributed by atoms with van der Waals surface area (Å²) >= 11 is 0. The van der Waals surface area contributed by atoms with Gasteiger partial charge >= 0.3 is 5.97 Å². The quantitative estimate of drug-likeness (QED) is 0.750. The largest absolute Gasteiger partial charge is 0.479 e. The molecule has 0 atom stereocenters. The lowest BCUT2D eigenvalue weighted by Crippen LogP contribution is -2.50. The first kappa shape index (κ1) is 16.7. The van der Waals surface area contributed by atoms with E-state index in [9.17, 15) is 9.90 Å². The van der Waals surface area contributed by atoms with Gasteiger partial charge in [0.15, 0.2) is 0 Å². The number of likely N-dealkylation sites (tertiary alicyclic amines) is 1. The molecule has 3 aromatic rings. The molecule has 26 heavy (non-hydrogen) atoms. The molecule has 1 fully saturated rings. The monoisotopic (exact) mass is 354 g/mol. The maximum absolute atomic E-state index is 12.2. The lowest BCUT2D eigenvalue weighted by molar-refractivity contribution is -0.150. The number of nitrogens with zero attached hydrogens (tertiary/aromatic N) is 6. The summed E-state index contributed by atoms with van der Waals surface area (Å²) in [5.41, 5.74) is 0.742. The molecule has 8 heteroatoms. The molecule has 136 valence electrons.